The number of nitrogens with one attached hydrogen (secondary N) is 1. The molecule has 2 aliphatic heterocycles. The average Bonchev–Trinajstić information content (AvgIpc) is 2.98. The third kappa shape index (κ3) is 3.78. The van der Waals surface area contributed by atoms with Gasteiger partial charge in [0, 0.05) is 12.8 Å². The summed E-state index contributed by atoms with van der Waals surface area (Å²) in [6.45, 7) is 2.09. The van der Waals surface area contributed by atoms with Gasteiger partial charge in [0.2, 0.25) is 5.91 Å². The molecule has 0 saturated carbocycles. The zero-order chi connectivity index (χ0) is 18.8. The van der Waals surface area contributed by atoms with Crippen molar-refractivity contribution in [3.05, 3.63) is 71.5 Å². The van der Waals surface area contributed by atoms with Gasteiger partial charge in [0.25, 0.3) is 5.91 Å². The van der Waals surface area contributed by atoms with Crippen LogP contribution in [0.2, 0.25) is 0 Å². The van der Waals surface area contributed by atoms with Crippen molar-refractivity contribution in [2.75, 3.05) is 13.1 Å². The number of carbonyl (C=O) groups is 2. The highest BCUT2D eigenvalue weighted by Crippen LogP contribution is 2.25. The van der Waals surface area contributed by atoms with Crippen LogP contribution in [0.15, 0.2) is 54.6 Å². The third-order valence-corrected chi connectivity index (χ3v) is 5.89. The summed E-state index contributed by atoms with van der Waals surface area (Å²) < 4.78 is 13.1. The zero-order valence-corrected chi connectivity index (χ0v) is 15.2. The lowest BCUT2D eigenvalue weighted by Gasteiger charge is -2.32. The molecule has 5 heteroatoms. The number of likely N-dealkylation sites (tertiary alicyclic amines) is 2. The summed E-state index contributed by atoms with van der Waals surface area (Å²) in [4.78, 5) is 27.9. The van der Waals surface area contributed by atoms with E-state index in [4.69, 9.17) is 0 Å². The molecule has 2 fully saturated rings. The molecule has 2 heterocycles. The van der Waals surface area contributed by atoms with E-state index in [-0.39, 0.29) is 23.7 Å². The van der Waals surface area contributed by atoms with Gasteiger partial charge in [-0.25, -0.2) is 4.39 Å². The molecule has 2 saturated heterocycles. The Kier molecular flexibility index (Phi) is 5.03. The van der Waals surface area contributed by atoms with Crippen LogP contribution in [-0.4, -0.2) is 35.8 Å². The summed E-state index contributed by atoms with van der Waals surface area (Å²) >= 11 is 0. The number of rotatable bonds is 4. The molecule has 0 aliphatic carbocycles. The number of halogens is 1. The Balaban J connectivity index is 1.38. The molecule has 0 spiro atoms. The minimum absolute atomic E-state index is 0.0425. The molecule has 4 nitrogen and oxygen atoms in total. The fourth-order valence-corrected chi connectivity index (χ4v) is 4.34. The molecule has 2 aliphatic rings. The fourth-order valence-electron chi connectivity index (χ4n) is 4.34. The van der Waals surface area contributed by atoms with Gasteiger partial charge in [-0.05, 0) is 29.2 Å². The SMILES string of the molecule is O=C1C[C@@H]([NH+]2CCC(c3ccc(F)cc3)CC2)C(=O)N1Cc1ccccc1. The fraction of sp³-hybridized carbons (Fsp3) is 0.364. The van der Waals surface area contributed by atoms with Gasteiger partial charge in [0.1, 0.15) is 5.82 Å². The summed E-state index contributed by atoms with van der Waals surface area (Å²) in [6, 6.07) is 16.1. The van der Waals surface area contributed by atoms with Crippen LogP contribution in [0.5, 0.6) is 0 Å². The maximum atomic E-state index is 13.1. The molecular formula is C22H24FN2O2+. The summed E-state index contributed by atoms with van der Waals surface area (Å²) in [5, 5.41) is 0. The van der Waals surface area contributed by atoms with Gasteiger partial charge >= 0.3 is 0 Å². The van der Waals surface area contributed by atoms with E-state index in [1.54, 1.807) is 0 Å². The second-order valence-corrected chi connectivity index (χ2v) is 7.54. The Morgan fingerprint density at radius 3 is 2.30 bits per heavy atom. The van der Waals surface area contributed by atoms with Crippen LogP contribution in [0.1, 0.15) is 36.3 Å². The van der Waals surface area contributed by atoms with Crippen LogP contribution in [0, 0.1) is 5.82 Å². The smallest absolute Gasteiger partial charge is 0.288 e. The minimum atomic E-state index is -0.254. The number of nitrogens with zero attached hydrogens (tertiary/aromatic N) is 1. The normalized spacial score (nSPS) is 25.8. The van der Waals surface area contributed by atoms with Gasteiger partial charge in [-0.1, -0.05) is 42.5 Å². The van der Waals surface area contributed by atoms with Gasteiger partial charge in [-0.2, -0.15) is 0 Å². The Bertz CT molecular complexity index is 814. The average molecular weight is 367 g/mol. The number of benzene rings is 2. The molecule has 2 aromatic carbocycles. The number of hydrogen-bond donors (Lipinski definition) is 1. The number of hydrogen-bond acceptors (Lipinski definition) is 2. The van der Waals surface area contributed by atoms with E-state index in [1.165, 1.54) is 21.9 Å². The third-order valence-electron chi connectivity index (χ3n) is 5.89. The van der Waals surface area contributed by atoms with Crippen molar-refractivity contribution in [2.45, 2.75) is 37.8 Å². The molecule has 140 valence electrons. The van der Waals surface area contributed by atoms with E-state index in [1.807, 2.05) is 42.5 Å². The Hall–Kier alpha value is -2.53. The van der Waals surface area contributed by atoms with Crippen LogP contribution in [0.4, 0.5) is 4.39 Å². The monoisotopic (exact) mass is 367 g/mol. The van der Waals surface area contributed by atoms with Crippen molar-refractivity contribution >= 4 is 11.8 Å². The Morgan fingerprint density at radius 2 is 1.63 bits per heavy atom. The molecule has 4 rings (SSSR count). The molecule has 2 aromatic rings. The van der Waals surface area contributed by atoms with Gasteiger partial charge in [0.05, 0.1) is 26.1 Å². The molecule has 0 aromatic heterocycles. The van der Waals surface area contributed by atoms with E-state index in [2.05, 4.69) is 0 Å². The molecule has 0 unspecified atom stereocenters. The van der Waals surface area contributed by atoms with E-state index in [9.17, 15) is 14.0 Å². The molecule has 0 bridgehead atoms. The Morgan fingerprint density at radius 1 is 0.963 bits per heavy atom. The highest BCUT2D eigenvalue weighted by atomic mass is 19.1. The summed E-state index contributed by atoms with van der Waals surface area (Å²) in [5.74, 6) is 0.0819. The van der Waals surface area contributed by atoms with E-state index in [0.717, 1.165) is 37.1 Å². The second kappa shape index (κ2) is 7.61. The van der Waals surface area contributed by atoms with Crippen molar-refractivity contribution in [3.63, 3.8) is 0 Å². The first-order valence-corrected chi connectivity index (χ1v) is 9.60. The lowest BCUT2D eigenvalue weighted by atomic mass is 9.89. The van der Waals surface area contributed by atoms with E-state index < -0.39 is 0 Å². The number of amides is 2. The molecule has 27 heavy (non-hydrogen) atoms. The first-order valence-electron chi connectivity index (χ1n) is 9.60. The van der Waals surface area contributed by atoms with Gasteiger partial charge < -0.3 is 4.90 Å². The predicted octanol–water partition coefficient (Wildman–Crippen LogP) is 1.92. The van der Waals surface area contributed by atoms with Crippen LogP contribution in [-0.2, 0) is 16.1 Å². The maximum absolute atomic E-state index is 13.1. The number of piperidine rings is 1. The molecule has 0 radical (unpaired) electrons. The lowest BCUT2D eigenvalue weighted by Crippen LogP contribution is -3.17. The Labute approximate surface area is 158 Å². The van der Waals surface area contributed by atoms with Gasteiger partial charge in [-0.15, -0.1) is 0 Å². The summed E-state index contributed by atoms with van der Waals surface area (Å²) in [6.07, 6.45) is 2.22. The van der Waals surface area contributed by atoms with Crippen molar-refractivity contribution in [1.82, 2.24) is 4.90 Å². The van der Waals surface area contributed by atoms with Crippen LogP contribution in [0.25, 0.3) is 0 Å². The van der Waals surface area contributed by atoms with Crippen molar-refractivity contribution in [1.29, 1.82) is 0 Å². The molecule has 2 amide bonds. The van der Waals surface area contributed by atoms with E-state index >= 15 is 0 Å². The van der Waals surface area contributed by atoms with Crippen LogP contribution in [0.3, 0.4) is 0 Å². The quantitative estimate of drug-likeness (QED) is 0.839. The van der Waals surface area contributed by atoms with Crippen LogP contribution < -0.4 is 4.90 Å². The van der Waals surface area contributed by atoms with E-state index in [0.29, 0.717) is 18.9 Å². The molecular weight excluding hydrogens is 343 g/mol. The first-order chi connectivity index (χ1) is 13.1. The van der Waals surface area contributed by atoms with Gasteiger partial charge in [-0.3, -0.25) is 14.5 Å². The number of carbonyl (C=O) groups excluding carboxylic acids is 2. The minimum Gasteiger partial charge on any atom is -0.324 e. The van der Waals surface area contributed by atoms with Crippen molar-refractivity contribution in [2.24, 2.45) is 0 Å². The van der Waals surface area contributed by atoms with Crippen molar-refractivity contribution < 1.29 is 18.9 Å². The van der Waals surface area contributed by atoms with Crippen LogP contribution >= 0.6 is 0 Å². The highest BCUT2D eigenvalue weighted by molar-refractivity contribution is 6.04. The zero-order valence-electron chi connectivity index (χ0n) is 15.2. The lowest BCUT2D eigenvalue weighted by molar-refractivity contribution is -0.920. The maximum Gasteiger partial charge on any atom is 0.288 e. The predicted molar refractivity (Wildman–Crippen MR) is 99.5 cm³/mol. The van der Waals surface area contributed by atoms with Crippen molar-refractivity contribution in [3.8, 4) is 0 Å². The topological polar surface area (TPSA) is 41.8 Å². The summed E-state index contributed by atoms with van der Waals surface area (Å²) in [7, 11) is 0. The van der Waals surface area contributed by atoms with Gasteiger partial charge in [0.15, 0.2) is 6.04 Å². The first kappa shape index (κ1) is 17.9. The second-order valence-electron chi connectivity index (χ2n) is 7.54. The number of imide groups is 1. The largest absolute Gasteiger partial charge is 0.324 e. The highest BCUT2D eigenvalue weighted by Gasteiger charge is 2.45. The summed E-state index contributed by atoms with van der Waals surface area (Å²) in [5.41, 5.74) is 2.14. The molecule has 1 atom stereocenters. The number of quaternary nitrogens is 1. The molecule has 1 N–H and O–H groups in total. The standard InChI is InChI=1S/C22H23FN2O2/c23-19-8-6-17(7-9-19)18-10-12-24(13-11-18)20-14-21(26)25(22(20)27)15-16-4-2-1-3-5-16/h1-9,18,20H,10-15H2/p+1/t20-/m1/s1.